The van der Waals surface area contributed by atoms with Crippen molar-refractivity contribution in [1.82, 2.24) is 10.2 Å². The van der Waals surface area contributed by atoms with Gasteiger partial charge in [-0.2, -0.15) is 0 Å². The van der Waals surface area contributed by atoms with Gasteiger partial charge in [-0.3, -0.25) is 9.69 Å². The summed E-state index contributed by atoms with van der Waals surface area (Å²) >= 11 is 0. The highest BCUT2D eigenvalue weighted by Gasteiger charge is 2.34. The Hall–Kier alpha value is -3.08. The van der Waals surface area contributed by atoms with E-state index in [0.717, 1.165) is 22.3 Å². The number of amides is 3. The number of aromatic hydroxyl groups is 1. The summed E-state index contributed by atoms with van der Waals surface area (Å²) in [5.74, 6) is -0.0730. The van der Waals surface area contributed by atoms with Crippen LogP contribution in [-0.2, 0) is 22.2 Å². The zero-order chi connectivity index (χ0) is 22.3. The minimum Gasteiger partial charge on any atom is -0.507 e. The highest BCUT2D eigenvalue weighted by molar-refractivity contribution is 6.13. The average molecular weight is 407 g/mol. The van der Waals surface area contributed by atoms with E-state index in [9.17, 15) is 14.7 Å². The number of nitrogens with one attached hydrogen (secondary N) is 1. The average Bonchev–Trinajstić information content (AvgIpc) is 2.89. The van der Waals surface area contributed by atoms with Crippen LogP contribution in [0.4, 0.5) is 4.79 Å². The number of phenols is 1. The maximum Gasteiger partial charge on any atom is 0.329 e. The molecule has 1 aliphatic rings. The molecule has 0 spiro atoms. The van der Waals surface area contributed by atoms with Crippen molar-refractivity contribution < 1.29 is 14.7 Å². The number of urea groups is 1. The minimum absolute atomic E-state index is 0.221. The van der Waals surface area contributed by atoms with Gasteiger partial charge >= 0.3 is 6.03 Å². The van der Waals surface area contributed by atoms with Gasteiger partial charge in [-0.05, 0) is 40.2 Å². The van der Waals surface area contributed by atoms with Crippen LogP contribution in [0, 0.1) is 0 Å². The third-order valence-corrected chi connectivity index (χ3v) is 5.21. The maximum atomic E-state index is 12.9. The van der Waals surface area contributed by atoms with E-state index in [4.69, 9.17) is 0 Å². The van der Waals surface area contributed by atoms with E-state index in [1.165, 1.54) is 4.90 Å². The van der Waals surface area contributed by atoms with Crippen molar-refractivity contribution >= 4 is 18.0 Å². The number of phenolic OH excluding ortho intramolecular Hbond substituents is 1. The Labute approximate surface area is 178 Å². The second-order valence-corrected chi connectivity index (χ2v) is 9.83. The summed E-state index contributed by atoms with van der Waals surface area (Å²) < 4.78 is 0. The van der Waals surface area contributed by atoms with Crippen molar-refractivity contribution in [3.63, 3.8) is 0 Å². The fraction of sp³-hybridized carbons (Fsp3) is 0.360. The molecule has 2 N–H and O–H groups in total. The van der Waals surface area contributed by atoms with E-state index in [2.05, 4.69) is 5.32 Å². The van der Waals surface area contributed by atoms with Crippen molar-refractivity contribution in [3.05, 3.63) is 70.4 Å². The van der Waals surface area contributed by atoms with Crippen LogP contribution in [-0.4, -0.2) is 21.9 Å². The Balaban J connectivity index is 2.00. The molecule has 0 unspecified atom stereocenters. The van der Waals surface area contributed by atoms with Crippen LogP contribution in [0.5, 0.6) is 5.75 Å². The van der Waals surface area contributed by atoms with Gasteiger partial charge < -0.3 is 10.4 Å². The van der Waals surface area contributed by atoms with Crippen molar-refractivity contribution in [2.45, 2.75) is 58.9 Å². The van der Waals surface area contributed by atoms with Crippen molar-refractivity contribution in [1.29, 1.82) is 0 Å². The van der Waals surface area contributed by atoms with Gasteiger partial charge in [-0.1, -0.05) is 71.9 Å². The van der Waals surface area contributed by atoms with Crippen LogP contribution < -0.4 is 5.32 Å². The highest BCUT2D eigenvalue weighted by atomic mass is 16.3. The standard InChI is InChI=1S/C25H30N2O3/c1-24(2,3)18-12-17(13-19(21(18)28)25(4,5)6)14-20-22(29)27(23(30)26-20)15-16-10-8-7-9-11-16/h7-14,28H,15H2,1-6H3,(H,26,30)/b20-14+. The van der Waals surface area contributed by atoms with Crippen LogP contribution >= 0.6 is 0 Å². The smallest absolute Gasteiger partial charge is 0.329 e. The zero-order valence-electron chi connectivity index (χ0n) is 18.5. The van der Waals surface area contributed by atoms with E-state index in [0.29, 0.717) is 0 Å². The Morgan fingerprint density at radius 3 is 1.97 bits per heavy atom. The van der Waals surface area contributed by atoms with Gasteiger partial charge in [0, 0.05) is 11.1 Å². The highest BCUT2D eigenvalue weighted by Crippen LogP contribution is 2.40. The first-order chi connectivity index (χ1) is 13.9. The van der Waals surface area contributed by atoms with Gasteiger partial charge in [-0.25, -0.2) is 4.79 Å². The van der Waals surface area contributed by atoms with Gasteiger partial charge in [0.15, 0.2) is 0 Å². The Bertz CT molecular complexity index is 974. The fourth-order valence-corrected chi connectivity index (χ4v) is 3.53. The molecule has 3 rings (SSSR count). The third kappa shape index (κ3) is 4.40. The number of imide groups is 1. The molecule has 0 saturated carbocycles. The van der Waals surface area contributed by atoms with Crippen LogP contribution in [0.15, 0.2) is 48.2 Å². The van der Waals surface area contributed by atoms with Crippen molar-refractivity contribution in [2.24, 2.45) is 0 Å². The third-order valence-electron chi connectivity index (χ3n) is 5.21. The molecule has 0 atom stereocenters. The molecule has 30 heavy (non-hydrogen) atoms. The molecule has 1 fully saturated rings. The first-order valence-corrected chi connectivity index (χ1v) is 10.1. The maximum absolute atomic E-state index is 12.9. The van der Waals surface area contributed by atoms with Crippen molar-refractivity contribution in [2.75, 3.05) is 0 Å². The van der Waals surface area contributed by atoms with Crippen LogP contribution in [0.1, 0.15) is 63.8 Å². The second kappa shape index (κ2) is 7.63. The fourth-order valence-electron chi connectivity index (χ4n) is 3.53. The SMILES string of the molecule is CC(C)(C)c1cc(/C=C2/NC(=O)N(Cc3ccccc3)C2=O)cc(C(C)(C)C)c1O. The first-order valence-electron chi connectivity index (χ1n) is 10.1. The van der Waals surface area contributed by atoms with Crippen LogP contribution in [0.2, 0.25) is 0 Å². The molecule has 0 bridgehead atoms. The molecule has 2 aromatic carbocycles. The molecular weight excluding hydrogens is 376 g/mol. The summed E-state index contributed by atoms with van der Waals surface area (Å²) in [6, 6.07) is 12.8. The molecule has 0 aromatic heterocycles. The molecule has 0 radical (unpaired) electrons. The van der Waals surface area contributed by atoms with Gasteiger partial charge in [0.1, 0.15) is 11.4 Å². The Kier molecular flexibility index (Phi) is 5.50. The molecule has 1 heterocycles. The Morgan fingerprint density at radius 1 is 0.933 bits per heavy atom. The minimum atomic E-state index is -0.430. The molecule has 5 nitrogen and oxygen atoms in total. The van der Waals surface area contributed by atoms with Crippen LogP contribution in [0.25, 0.3) is 6.08 Å². The number of nitrogens with zero attached hydrogens (tertiary/aromatic N) is 1. The van der Waals surface area contributed by atoms with E-state index < -0.39 is 6.03 Å². The van der Waals surface area contributed by atoms with Gasteiger partial charge in [0.05, 0.1) is 6.54 Å². The molecular formula is C25H30N2O3. The lowest BCUT2D eigenvalue weighted by molar-refractivity contribution is -0.123. The summed E-state index contributed by atoms with van der Waals surface area (Å²) in [4.78, 5) is 26.5. The predicted molar refractivity (Wildman–Crippen MR) is 119 cm³/mol. The van der Waals surface area contributed by atoms with Crippen molar-refractivity contribution in [3.8, 4) is 5.75 Å². The molecule has 3 amide bonds. The first kappa shape index (κ1) is 21.6. The molecule has 2 aromatic rings. The molecule has 1 aliphatic heterocycles. The van der Waals surface area contributed by atoms with E-state index in [1.807, 2.05) is 84.0 Å². The number of carbonyl (C=O) groups excluding carboxylic acids is 2. The second-order valence-electron chi connectivity index (χ2n) is 9.83. The summed E-state index contributed by atoms with van der Waals surface area (Å²) in [7, 11) is 0. The Morgan fingerprint density at radius 2 is 1.47 bits per heavy atom. The van der Waals surface area contributed by atoms with Gasteiger partial charge in [-0.15, -0.1) is 0 Å². The van der Waals surface area contributed by atoms with Gasteiger partial charge in [0.25, 0.3) is 5.91 Å². The molecule has 1 saturated heterocycles. The lowest BCUT2D eigenvalue weighted by Gasteiger charge is -2.28. The van der Waals surface area contributed by atoms with E-state index >= 15 is 0 Å². The lowest BCUT2D eigenvalue weighted by Crippen LogP contribution is -2.30. The van der Waals surface area contributed by atoms with E-state index in [-0.39, 0.29) is 34.7 Å². The number of hydrogen-bond acceptors (Lipinski definition) is 3. The molecule has 158 valence electrons. The summed E-state index contributed by atoms with van der Waals surface area (Å²) in [6.45, 7) is 12.4. The van der Waals surface area contributed by atoms with Crippen LogP contribution in [0.3, 0.4) is 0 Å². The zero-order valence-corrected chi connectivity index (χ0v) is 18.5. The summed E-state index contributed by atoms with van der Waals surface area (Å²) in [5.41, 5.74) is 2.95. The summed E-state index contributed by atoms with van der Waals surface area (Å²) in [5, 5.41) is 13.6. The lowest BCUT2D eigenvalue weighted by atomic mass is 9.78. The number of benzene rings is 2. The molecule has 0 aliphatic carbocycles. The predicted octanol–water partition coefficient (Wildman–Crippen LogP) is 5.08. The number of carbonyl (C=O) groups is 2. The molecule has 5 heteroatoms. The normalized spacial score (nSPS) is 16.3. The topological polar surface area (TPSA) is 69.6 Å². The van der Waals surface area contributed by atoms with Gasteiger partial charge in [0.2, 0.25) is 0 Å². The number of rotatable bonds is 3. The summed E-state index contributed by atoms with van der Waals surface area (Å²) in [6.07, 6.45) is 1.69. The quantitative estimate of drug-likeness (QED) is 0.552. The largest absolute Gasteiger partial charge is 0.507 e. The number of hydrogen-bond donors (Lipinski definition) is 2. The van der Waals surface area contributed by atoms with E-state index in [1.54, 1.807) is 6.08 Å². The monoisotopic (exact) mass is 406 g/mol.